The van der Waals surface area contributed by atoms with Crippen LogP contribution in [0.15, 0.2) is 87.5 Å². The smallest absolute Gasteiger partial charge is 0.199 e. The third-order valence-electron chi connectivity index (χ3n) is 3.54. The van der Waals surface area contributed by atoms with Gasteiger partial charge in [0.05, 0.1) is 15.5 Å². The lowest BCUT2D eigenvalue weighted by atomic mass is 10.2. The van der Waals surface area contributed by atoms with Crippen LogP contribution in [0.1, 0.15) is 16.0 Å². The maximum Gasteiger partial charge on any atom is 0.282 e. The van der Waals surface area contributed by atoms with Gasteiger partial charge in [0.2, 0.25) is 0 Å². The van der Waals surface area contributed by atoms with E-state index in [2.05, 4.69) is 4.40 Å². The van der Waals surface area contributed by atoms with Crippen molar-refractivity contribution in [3.8, 4) is 0 Å². The molecule has 126 valence electrons. The molecule has 0 saturated heterocycles. The fourth-order valence-electron chi connectivity index (χ4n) is 2.21. The maximum atomic E-state index is 12.6. The van der Waals surface area contributed by atoms with Crippen molar-refractivity contribution in [3.05, 3.63) is 94.2 Å². The fraction of sp³-hybridized carbons (Fsp3) is 0.0500. The van der Waals surface area contributed by atoms with Crippen molar-refractivity contribution in [2.45, 2.75) is 11.8 Å². The summed E-state index contributed by atoms with van der Waals surface area (Å²) < 4.78 is 29.4. The average Bonchev–Trinajstić information content (AvgIpc) is 3.14. The molecule has 0 bridgehead atoms. The highest BCUT2D eigenvalue weighted by molar-refractivity contribution is 7.90. The van der Waals surface area contributed by atoms with E-state index in [1.807, 2.05) is 60.8 Å². The molecule has 0 amide bonds. The van der Waals surface area contributed by atoms with Crippen molar-refractivity contribution in [2.75, 3.05) is 0 Å². The van der Waals surface area contributed by atoms with E-state index in [1.165, 1.54) is 11.3 Å². The fourth-order valence-corrected chi connectivity index (χ4v) is 3.97. The minimum atomic E-state index is -3.76. The van der Waals surface area contributed by atoms with Gasteiger partial charge in [0.1, 0.15) is 0 Å². The van der Waals surface area contributed by atoms with Gasteiger partial charge in [0.25, 0.3) is 10.0 Å². The van der Waals surface area contributed by atoms with Gasteiger partial charge < -0.3 is 0 Å². The van der Waals surface area contributed by atoms with Gasteiger partial charge in [0.15, 0.2) is 0 Å². The van der Waals surface area contributed by atoms with Crippen molar-refractivity contribution in [3.63, 3.8) is 0 Å². The zero-order valence-corrected chi connectivity index (χ0v) is 15.3. The van der Waals surface area contributed by atoms with Gasteiger partial charge in [-0.05, 0) is 42.1 Å². The molecule has 1 heterocycles. The summed E-state index contributed by atoms with van der Waals surface area (Å²) in [6, 6.07) is 20.2. The molecule has 0 radical (unpaired) electrons. The van der Waals surface area contributed by atoms with E-state index in [0.717, 1.165) is 16.0 Å². The van der Waals surface area contributed by atoms with E-state index in [-0.39, 0.29) is 4.90 Å². The van der Waals surface area contributed by atoms with Gasteiger partial charge in [-0.25, -0.2) is 0 Å². The molecule has 0 saturated carbocycles. The van der Waals surface area contributed by atoms with Crippen molar-refractivity contribution < 1.29 is 8.42 Å². The molecular formula is C20H17NO2S2. The van der Waals surface area contributed by atoms with Crippen LogP contribution in [0.25, 0.3) is 6.08 Å². The Labute approximate surface area is 152 Å². The zero-order valence-electron chi connectivity index (χ0n) is 13.7. The predicted octanol–water partition coefficient (Wildman–Crippen LogP) is 4.95. The topological polar surface area (TPSA) is 46.5 Å². The first-order chi connectivity index (χ1) is 12.0. The number of benzene rings is 2. The van der Waals surface area contributed by atoms with Gasteiger partial charge in [-0.1, -0.05) is 60.2 Å². The lowest BCUT2D eigenvalue weighted by molar-refractivity contribution is 0.598. The lowest BCUT2D eigenvalue weighted by Gasteiger charge is -2.02. The number of thiophene rings is 1. The second-order valence-electron chi connectivity index (χ2n) is 5.49. The highest BCUT2D eigenvalue weighted by atomic mass is 32.2. The Balaban J connectivity index is 2.01. The summed E-state index contributed by atoms with van der Waals surface area (Å²) >= 11 is 1.46. The van der Waals surface area contributed by atoms with Gasteiger partial charge in [0, 0.05) is 0 Å². The first-order valence-electron chi connectivity index (χ1n) is 7.73. The molecule has 0 unspecified atom stereocenters. The van der Waals surface area contributed by atoms with E-state index in [0.29, 0.717) is 5.71 Å². The third kappa shape index (κ3) is 4.53. The van der Waals surface area contributed by atoms with Crippen LogP contribution in [0.3, 0.4) is 0 Å². The Kier molecular flexibility index (Phi) is 5.26. The molecule has 0 aliphatic rings. The van der Waals surface area contributed by atoms with Crippen molar-refractivity contribution >= 4 is 33.1 Å². The van der Waals surface area contributed by atoms with Crippen molar-refractivity contribution in [1.82, 2.24) is 0 Å². The molecule has 0 aliphatic carbocycles. The van der Waals surface area contributed by atoms with Crippen LogP contribution in [-0.2, 0) is 10.0 Å². The predicted molar refractivity (Wildman–Crippen MR) is 105 cm³/mol. The second-order valence-corrected chi connectivity index (χ2v) is 8.04. The van der Waals surface area contributed by atoms with Crippen LogP contribution >= 0.6 is 11.3 Å². The monoisotopic (exact) mass is 367 g/mol. The third-order valence-corrected chi connectivity index (χ3v) is 5.74. The normalized spacial score (nSPS) is 12.6. The van der Waals surface area contributed by atoms with Gasteiger partial charge >= 0.3 is 0 Å². The zero-order chi connectivity index (χ0) is 17.7. The first kappa shape index (κ1) is 17.3. The van der Waals surface area contributed by atoms with Crippen LogP contribution in [-0.4, -0.2) is 14.1 Å². The second kappa shape index (κ2) is 7.59. The summed E-state index contributed by atoms with van der Waals surface area (Å²) in [4.78, 5) is 1.00. The van der Waals surface area contributed by atoms with Crippen LogP contribution in [0.4, 0.5) is 0 Å². The Morgan fingerprint density at radius 1 is 0.960 bits per heavy atom. The molecule has 0 fully saturated rings. The van der Waals surface area contributed by atoms with E-state index >= 15 is 0 Å². The average molecular weight is 367 g/mol. The minimum Gasteiger partial charge on any atom is -0.199 e. The lowest BCUT2D eigenvalue weighted by Crippen LogP contribution is -2.03. The van der Waals surface area contributed by atoms with Crippen molar-refractivity contribution in [1.29, 1.82) is 0 Å². The number of rotatable bonds is 5. The van der Waals surface area contributed by atoms with Crippen LogP contribution in [0.5, 0.6) is 0 Å². The number of allylic oxidation sites excluding steroid dienone is 1. The molecular weight excluding hydrogens is 350 g/mol. The van der Waals surface area contributed by atoms with Crippen molar-refractivity contribution in [2.24, 2.45) is 4.40 Å². The van der Waals surface area contributed by atoms with Gasteiger partial charge in [-0.3, -0.25) is 0 Å². The quantitative estimate of drug-likeness (QED) is 0.599. The number of hydrogen-bond donors (Lipinski definition) is 0. The molecule has 25 heavy (non-hydrogen) atoms. The molecule has 3 aromatic rings. The summed E-state index contributed by atoms with van der Waals surface area (Å²) in [7, 11) is -3.76. The number of nitrogens with zero attached hydrogens (tertiary/aromatic N) is 1. The van der Waals surface area contributed by atoms with Crippen LogP contribution in [0.2, 0.25) is 0 Å². The molecule has 0 N–H and O–H groups in total. The van der Waals surface area contributed by atoms with Gasteiger partial charge in [-0.15, -0.1) is 11.3 Å². The van der Waals surface area contributed by atoms with E-state index in [9.17, 15) is 8.42 Å². The molecule has 5 heteroatoms. The SMILES string of the molecule is Cc1ccc(S(=O)(=O)/N=C(/C=C/c2ccccc2)c2cccs2)cc1. The Hall–Kier alpha value is -2.50. The summed E-state index contributed by atoms with van der Waals surface area (Å²) in [5, 5.41) is 1.90. The summed E-state index contributed by atoms with van der Waals surface area (Å²) in [6.45, 7) is 1.92. The number of aryl methyl sites for hydroxylation is 1. The Morgan fingerprint density at radius 3 is 2.32 bits per heavy atom. The maximum absolute atomic E-state index is 12.6. The molecule has 0 spiro atoms. The summed E-state index contributed by atoms with van der Waals surface area (Å²) in [6.07, 6.45) is 3.61. The highest BCUT2D eigenvalue weighted by Gasteiger charge is 2.14. The van der Waals surface area contributed by atoms with E-state index < -0.39 is 10.0 Å². The standard InChI is InChI=1S/C20H17NO2S2/c1-16-9-12-18(13-10-16)25(22,23)21-19(20-8-5-15-24-20)14-11-17-6-3-2-4-7-17/h2-15H,1H3/b14-11+,21-19-. The first-order valence-corrected chi connectivity index (χ1v) is 10.1. The van der Waals surface area contributed by atoms with Gasteiger partial charge in [-0.2, -0.15) is 12.8 Å². The Morgan fingerprint density at radius 2 is 1.68 bits per heavy atom. The number of sulfonamides is 1. The molecule has 0 atom stereocenters. The number of hydrogen-bond acceptors (Lipinski definition) is 3. The van der Waals surface area contributed by atoms with Crippen LogP contribution < -0.4 is 0 Å². The van der Waals surface area contributed by atoms with Crippen LogP contribution in [0, 0.1) is 6.92 Å². The molecule has 0 aliphatic heterocycles. The highest BCUT2D eigenvalue weighted by Crippen LogP contribution is 2.18. The molecule has 3 nitrogen and oxygen atoms in total. The molecule has 3 rings (SSSR count). The molecule has 2 aromatic carbocycles. The minimum absolute atomic E-state index is 0.195. The largest absolute Gasteiger partial charge is 0.282 e. The summed E-state index contributed by atoms with van der Waals surface area (Å²) in [5.74, 6) is 0. The molecule has 1 aromatic heterocycles. The van der Waals surface area contributed by atoms with E-state index in [1.54, 1.807) is 30.3 Å². The summed E-state index contributed by atoms with van der Waals surface area (Å²) in [5.41, 5.74) is 2.42. The Bertz CT molecular complexity index is 986. The van der Waals surface area contributed by atoms with E-state index in [4.69, 9.17) is 0 Å².